The molecule has 2 unspecified atom stereocenters. The maximum absolute atomic E-state index is 12.3. The van der Waals surface area contributed by atoms with Crippen LogP contribution in [0.1, 0.15) is 65.4 Å². The van der Waals surface area contributed by atoms with E-state index in [1.165, 1.54) is 0 Å². The van der Waals surface area contributed by atoms with Crippen molar-refractivity contribution in [1.29, 1.82) is 0 Å². The molecular weight excluding hydrogens is 300 g/mol. The van der Waals surface area contributed by atoms with E-state index < -0.39 is 0 Å². The third-order valence-electron chi connectivity index (χ3n) is 4.49. The summed E-state index contributed by atoms with van der Waals surface area (Å²) in [7, 11) is 0. The van der Waals surface area contributed by atoms with Gasteiger partial charge < -0.3 is 10.6 Å². The van der Waals surface area contributed by atoms with Crippen LogP contribution in [0, 0.1) is 11.8 Å². The molecule has 2 N–H and O–H groups in total. The summed E-state index contributed by atoms with van der Waals surface area (Å²) in [4.78, 5) is 24.2. The number of carbonyl (C=O) groups is 2. The minimum absolute atomic E-state index is 0.00256. The van der Waals surface area contributed by atoms with Gasteiger partial charge in [0.25, 0.3) is 0 Å². The minimum atomic E-state index is -0.00256. The molecule has 24 heavy (non-hydrogen) atoms. The standard InChI is InChI=1S/C20H32N2O2/c1-5-8-11-17(7-3)20(24)21-14-16-10-9-12-18(13-16)22-19(23)15(4)6-2/h9-10,12-13,15,17H,5-8,11,14H2,1-4H3,(H,21,24)(H,22,23). The van der Waals surface area contributed by atoms with E-state index in [0.717, 1.165) is 43.4 Å². The quantitative estimate of drug-likeness (QED) is 0.662. The Kier molecular flexibility index (Phi) is 9.13. The predicted molar refractivity (Wildman–Crippen MR) is 99.7 cm³/mol. The molecule has 0 aliphatic rings. The van der Waals surface area contributed by atoms with Crippen molar-refractivity contribution in [2.75, 3.05) is 5.32 Å². The lowest BCUT2D eigenvalue weighted by Crippen LogP contribution is -2.30. The van der Waals surface area contributed by atoms with E-state index in [9.17, 15) is 9.59 Å². The molecule has 0 aromatic heterocycles. The fraction of sp³-hybridized carbons (Fsp3) is 0.600. The predicted octanol–water partition coefficient (Wildman–Crippen LogP) is 4.50. The summed E-state index contributed by atoms with van der Waals surface area (Å²) < 4.78 is 0. The molecule has 0 fully saturated rings. The first-order valence-electron chi connectivity index (χ1n) is 9.19. The lowest BCUT2D eigenvalue weighted by atomic mass is 9.98. The van der Waals surface area contributed by atoms with Gasteiger partial charge in [0, 0.05) is 24.1 Å². The highest BCUT2D eigenvalue weighted by Gasteiger charge is 2.15. The summed E-state index contributed by atoms with van der Waals surface area (Å²) >= 11 is 0. The lowest BCUT2D eigenvalue weighted by molar-refractivity contribution is -0.125. The Morgan fingerprint density at radius 1 is 1.08 bits per heavy atom. The molecule has 0 bridgehead atoms. The van der Waals surface area contributed by atoms with Crippen molar-refractivity contribution in [3.63, 3.8) is 0 Å². The molecule has 0 saturated carbocycles. The molecule has 4 heteroatoms. The van der Waals surface area contributed by atoms with Crippen LogP contribution in [-0.2, 0) is 16.1 Å². The number of rotatable bonds is 10. The fourth-order valence-corrected chi connectivity index (χ4v) is 2.51. The van der Waals surface area contributed by atoms with Crippen molar-refractivity contribution >= 4 is 17.5 Å². The molecule has 1 aromatic rings. The van der Waals surface area contributed by atoms with Crippen LogP contribution < -0.4 is 10.6 Å². The van der Waals surface area contributed by atoms with Gasteiger partial charge in [0.05, 0.1) is 0 Å². The highest BCUT2D eigenvalue weighted by atomic mass is 16.2. The first-order chi connectivity index (χ1) is 11.5. The summed E-state index contributed by atoms with van der Waals surface area (Å²) in [6.07, 6.45) is 4.84. The van der Waals surface area contributed by atoms with Crippen LogP contribution >= 0.6 is 0 Å². The van der Waals surface area contributed by atoms with Crippen LogP contribution in [0.3, 0.4) is 0 Å². The summed E-state index contributed by atoms with van der Waals surface area (Å²) in [5, 5.41) is 5.95. The molecule has 1 rings (SSSR count). The number of amides is 2. The lowest BCUT2D eigenvalue weighted by Gasteiger charge is -2.15. The summed E-state index contributed by atoms with van der Waals surface area (Å²) in [5.41, 5.74) is 1.78. The molecule has 2 atom stereocenters. The Balaban J connectivity index is 2.58. The van der Waals surface area contributed by atoms with Gasteiger partial charge in [0.2, 0.25) is 11.8 Å². The van der Waals surface area contributed by atoms with Gasteiger partial charge in [-0.25, -0.2) is 0 Å². The average Bonchev–Trinajstić information content (AvgIpc) is 2.60. The molecule has 0 radical (unpaired) electrons. The van der Waals surface area contributed by atoms with Gasteiger partial charge in [-0.2, -0.15) is 0 Å². The van der Waals surface area contributed by atoms with Gasteiger partial charge in [-0.1, -0.05) is 52.7 Å². The first kappa shape index (κ1) is 20.2. The molecule has 4 nitrogen and oxygen atoms in total. The summed E-state index contributed by atoms with van der Waals surface area (Å²) in [5.74, 6) is 0.250. The second kappa shape index (κ2) is 10.8. The number of carbonyl (C=O) groups excluding carboxylic acids is 2. The number of unbranched alkanes of at least 4 members (excludes halogenated alkanes) is 1. The van der Waals surface area contributed by atoms with Crippen molar-refractivity contribution in [1.82, 2.24) is 5.32 Å². The molecule has 0 aliphatic carbocycles. The molecule has 0 saturated heterocycles. The SMILES string of the molecule is CCCCC(CC)C(=O)NCc1cccc(NC(=O)C(C)CC)c1. The number of nitrogens with one attached hydrogen (secondary N) is 2. The summed E-state index contributed by atoms with van der Waals surface area (Å²) in [6, 6.07) is 7.67. The van der Waals surface area contributed by atoms with Crippen molar-refractivity contribution in [3.8, 4) is 0 Å². The van der Waals surface area contributed by atoms with Crippen LogP contribution in [0.25, 0.3) is 0 Å². The van der Waals surface area contributed by atoms with E-state index in [1.54, 1.807) is 0 Å². The van der Waals surface area contributed by atoms with Crippen LogP contribution in [-0.4, -0.2) is 11.8 Å². The van der Waals surface area contributed by atoms with E-state index in [0.29, 0.717) is 6.54 Å². The number of benzene rings is 1. The third-order valence-corrected chi connectivity index (χ3v) is 4.49. The summed E-state index contributed by atoms with van der Waals surface area (Å²) in [6.45, 7) is 8.61. The molecule has 1 aromatic carbocycles. The maximum atomic E-state index is 12.3. The Hall–Kier alpha value is -1.84. The molecule has 2 amide bonds. The highest BCUT2D eigenvalue weighted by Crippen LogP contribution is 2.15. The van der Waals surface area contributed by atoms with Gasteiger partial charge in [-0.3, -0.25) is 9.59 Å². The van der Waals surface area contributed by atoms with Crippen molar-refractivity contribution in [2.45, 2.75) is 66.3 Å². The van der Waals surface area contributed by atoms with Gasteiger partial charge in [0.15, 0.2) is 0 Å². The van der Waals surface area contributed by atoms with Gasteiger partial charge in [-0.15, -0.1) is 0 Å². The van der Waals surface area contributed by atoms with Crippen molar-refractivity contribution in [3.05, 3.63) is 29.8 Å². The van der Waals surface area contributed by atoms with Crippen molar-refractivity contribution < 1.29 is 9.59 Å². The van der Waals surface area contributed by atoms with Gasteiger partial charge in [-0.05, 0) is 37.0 Å². The molecular formula is C20H32N2O2. The van der Waals surface area contributed by atoms with E-state index in [1.807, 2.05) is 38.1 Å². The van der Waals surface area contributed by atoms with Gasteiger partial charge in [0.1, 0.15) is 0 Å². The normalized spacial score (nSPS) is 13.2. The van der Waals surface area contributed by atoms with E-state index in [4.69, 9.17) is 0 Å². The zero-order valence-corrected chi connectivity index (χ0v) is 15.5. The van der Waals surface area contributed by atoms with Crippen LogP contribution in [0.15, 0.2) is 24.3 Å². The van der Waals surface area contributed by atoms with E-state index in [2.05, 4.69) is 24.5 Å². The second-order valence-electron chi connectivity index (χ2n) is 6.46. The zero-order valence-electron chi connectivity index (χ0n) is 15.5. The highest BCUT2D eigenvalue weighted by molar-refractivity contribution is 5.92. The number of hydrogen-bond donors (Lipinski definition) is 2. The molecule has 0 spiro atoms. The fourth-order valence-electron chi connectivity index (χ4n) is 2.51. The molecule has 134 valence electrons. The average molecular weight is 332 g/mol. The van der Waals surface area contributed by atoms with Crippen molar-refractivity contribution in [2.24, 2.45) is 11.8 Å². The van der Waals surface area contributed by atoms with E-state index >= 15 is 0 Å². The maximum Gasteiger partial charge on any atom is 0.227 e. The number of anilines is 1. The Labute approximate surface area is 146 Å². The Morgan fingerprint density at radius 3 is 2.46 bits per heavy atom. The smallest absolute Gasteiger partial charge is 0.227 e. The topological polar surface area (TPSA) is 58.2 Å². The molecule has 0 heterocycles. The zero-order chi connectivity index (χ0) is 17.9. The molecule has 0 aliphatic heterocycles. The van der Waals surface area contributed by atoms with Crippen LogP contribution in [0.2, 0.25) is 0 Å². The third kappa shape index (κ3) is 6.73. The Morgan fingerprint density at radius 2 is 1.83 bits per heavy atom. The first-order valence-corrected chi connectivity index (χ1v) is 9.19. The minimum Gasteiger partial charge on any atom is -0.352 e. The van der Waals surface area contributed by atoms with Crippen LogP contribution in [0.5, 0.6) is 0 Å². The monoisotopic (exact) mass is 332 g/mol. The largest absolute Gasteiger partial charge is 0.352 e. The Bertz CT molecular complexity index is 528. The number of hydrogen-bond acceptors (Lipinski definition) is 2. The van der Waals surface area contributed by atoms with Crippen LogP contribution in [0.4, 0.5) is 5.69 Å². The van der Waals surface area contributed by atoms with Gasteiger partial charge >= 0.3 is 0 Å². The van der Waals surface area contributed by atoms with E-state index in [-0.39, 0.29) is 23.7 Å². The second-order valence-corrected chi connectivity index (χ2v) is 6.46.